The zero-order valence-electron chi connectivity index (χ0n) is 18.4. The molecule has 1 heteroatoms. The fourth-order valence-electron chi connectivity index (χ4n) is 4.08. The molecule has 0 aliphatic heterocycles. The van der Waals surface area contributed by atoms with E-state index in [2.05, 4.69) is 90.0 Å². The minimum Gasteiger partial charge on any atom is -0.338 e. The summed E-state index contributed by atoms with van der Waals surface area (Å²) in [5, 5.41) is 2.46. The predicted molar refractivity (Wildman–Crippen MR) is 122 cm³/mol. The van der Waals surface area contributed by atoms with Gasteiger partial charge in [0, 0.05) is 17.1 Å². The molecule has 1 unspecified atom stereocenters. The predicted octanol–water partition coefficient (Wildman–Crippen LogP) is 6.38. The SMILES string of the molecule is C=c1c(C)c(/C=C\CC)n(C(C)CCC)/c1=C/C1=C(C)C(C)=C(/C=C\C)C1. The van der Waals surface area contributed by atoms with Crippen LogP contribution in [0.1, 0.15) is 84.5 Å². The van der Waals surface area contributed by atoms with Gasteiger partial charge in [0.15, 0.2) is 0 Å². The van der Waals surface area contributed by atoms with E-state index >= 15 is 0 Å². The molecule has 1 aromatic heterocycles. The van der Waals surface area contributed by atoms with Crippen LogP contribution in [0.2, 0.25) is 0 Å². The van der Waals surface area contributed by atoms with Gasteiger partial charge < -0.3 is 4.57 Å². The fraction of sp³-hybridized carbons (Fsp3) is 0.462. The number of nitrogens with zero attached hydrogens (tertiary/aromatic N) is 1. The maximum atomic E-state index is 4.46. The quantitative estimate of drug-likeness (QED) is 0.529. The second kappa shape index (κ2) is 9.26. The first-order chi connectivity index (χ1) is 12.9. The van der Waals surface area contributed by atoms with Gasteiger partial charge in [-0.1, -0.05) is 45.1 Å². The number of allylic oxidation sites excluding steroid dienone is 7. The van der Waals surface area contributed by atoms with Crippen LogP contribution in [0.5, 0.6) is 0 Å². The molecule has 1 heterocycles. The summed E-state index contributed by atoms with van der Waals surface area (Å²) in [7, 11) is 0. The molecule has 2 rings (SSSR count). The number of hydrogen-bond acceptors (Lipinski definition) is 0. The summed E-state index contributed by atoms with van der Waals surface area (Å²) in [6.07, 6.45) is 15.8. The van der Waals surface area contributed by atoms with Crippen molar-refractivity contribution in [3.8, 4) is 0 Å². The molecule has 1 nitrogen and oxygen atoms in total. The summed E-state index contributed by atoms with van der Waals surface area (Å²) < 4.78 is 2.52. The summed E-state index contributed by atoms with van der Waals surface area (Å²) in [6, 6.07) is 0.471. The van der Waals surface area contributed by atoms with Crippen molar-refractivity contribution in [1.82, 2.24) is 4.57 Å². The van der Waals surface area contributed by atoms with Gasteiger partial charge in [-0.2, -0.15) is 0 Å². The molecule has 0 radical (unpaired) electrons. The van der Waals surface area contributed by atoms with Gasteiger partial charge in [0.1, 0.15) is 0 Å². The zero-order chi connectivity index (χ0) is 20.1. The summed E-state index contributed by atoms with van der Waals surface area (Å²) >= 11 is 0. The van der Waals surface area contributed by atoms with Crippen LogP contribution in [0.15, 0.2) is 40.5 Å². The van der Waals surface area contributed by atoms with Gasteiger partial charge in [0.2, 0.25) is 0 Å². The van der Waals surface area contributed by atoms with Crippen molar-refractivity contribution in [3.05, 3.63) is 62.3 Å². The standard InChI is InChI=1S/C26H37N/c1-9-12-15-25-21(7)22(8)26(27(25)18(4)13-10-2)17-24-16-23(14-11-3)19(5)20(24)6/h11-12,14-15,17-18H,8-10,13,16H2,1-7H3/b14-11-,15-12-,26-17+. The highest BCUT2D eigenvalue weighted by Gasteiger charge is 2.18. The third kappa shape index (κ3) is 4.29. The zero-order valence-corrected chi connectivity index (χ0v) is 18.4. The number of hydrogen-bond donors (Lipinski definition) is 0. The van der Waals surface area contributed by atoms with Crippen molar-refractivity contribution >= 4 is 18.7 Å². The minimum atomic E-state index is 0.471. The van der Waals surface area contributed by atoms with Crippen LogP contribution in [0.4, 0.5) is 0 Å². The first-order valence-corrected chi connectivity index (χ1v) is 10.5. The molecule has 0 amide bonds. The Kier molecular flexibility index (Phi) is 7.30. The van der Waals surface area contributed by atoms with Crippen molar-refractivity contribution in [2.75, 3.05) is 0 Å². The molecule has 0 saturated heterocycles. The second-order valence-corrected chi connectivity index (χ2v) is 7.81. The van der Waals surface area contributed by atoms with Gasteiger partial charge >= 0.3 is 0 Å². The van der Waals surface area contributed by atoms with Gasteiger partial charge in [-0.25, -0.2) is 0 Å². The smallest absolute Gasteiger partial charge is 0.0487 e. The molecule has 0 fully saturated rings. The lowest BCUT2D eigenvalue weighted by Gasteiger charge is -2.17. The van der Waals surface area contributed by atoms with E-state index < -0.39 is 0 Å². The molecule has 1 aromatic rings. The van der Waals surface area contributed by atoms with E-state index in [0.717, 1.165) is 12.8 Å². The summed E-state index contributed by atoms with van der Waals surface area (Å²) in [4.78, 5) is 0. The van der Waals surface area contributed by atoms with Gasteiger partial charge in [0.25, 0.3) is 0 Å². The first kappa shape index (κ1) is 21.3. The maximum absolute atomic E-state index is 4.46. The van der Waals surface area contributed by atoms with Crippen LogP contribution < -0.4 is 10.6 Å². The topological polar surface area (TPSA) is 4.93 Å². The normalized spacial score (nSPS) is 17.4. The maximum Gasteiger partial charge on any atom is 0.0487 e. The van der Waals surface area contributed by atoms with E-state index in [1.54, 1.807) is 0 Å². The molecule has 146 valence electrons. The highest BCUT2D eigenvalue weighted by atomic mass is 15.0. The Bertz CT molecular complexity index is 912. The van der Waals surface area contributed by atoms with Gasteiger partial charge in [-0.3, -0.25) is 0 Å². The number of rotatable bonds is 7. The van der Waals surface area contributed by atoms with E-state index in [4.69, 9.17) is 0 Å². The second-order valence-electron chi connectivity index (χ2n) is 7.81. The molecule has 0 aromatic carbocycles. The van der Waals surface area contributed by atoms with Crippen molar-refractivity contribution in [2.45, 2.75) is 80.2 Å². The Morgan fingerprint density at radius 2 is 1.74 bits per heavy atom. The van der Waals surface area contributed by atoms with Gasteiger partial charge in [0.05, 0.1) is 0 Å². The third-order valence-electron chi connectivity index (χ3n) is 5.91. The summed E-state index contributed by atoms with van der Waals surface area (Å²) in [5.74, 6) is 0. The van der Waals surface area contributed by atoms with Crippen LogP contribution in [0.3, 0.4) is 0 Å². The van der Waals surface area contributed by atoms with Crippen LogP contribution in [-0.2, 0) is 0 Å². The highest BCUT2D eigenvalue weighted by Crippen LogP contribution is 2.33. The third-order valence-corrected chi connectivity index (χ3v) is 5.91. The van der Waals surface area contributed by atoms with Gasteiger partial charge in [-0.05, 0) is 99.1 Å². The average molecular weight is 364 g/mol. The Balaban J connectivity index is 2.69. The van der Waals surface area contributed by atoms with Crippen LogP contribution >= 0.6 is 0 Å². The van der Waals surface area contributed by atoms with Crippen LogP contribution in [0, 0.1) is 6.92 Å². The average Bonchev–Trinajstić information content (AvgIpc) is 3.03. The van der Waals surface area contributed by atoms with E-state index in [9.17, 15) is 0 Å². The molecule has 0 saturated carbocycles. The molecule has 1 atom stereocenters. The summed E-state index contributed by atoms with van der Waals surface area (Å²) in [6.45, 7) is 20.1. The molecule has 0 spiro atoms. The molecular weight excluding hydrogens is 326 g/mol. The van der Waals surface area contributed by atoms with E-state index in [-0.39, 0.29) is 0 Å². The van der Waals surface area contributed by atoms with Gasteiger partial charge in [-0.15, -0.1) is 0 Å². The largest absolute Gasteiger partial charge is 0.338 e. The molecule has 1 aliphatic rings. The van der Waals surface area contributed by atoms with E-state index in [1.165, 1.54) is 57.0 Å². The molecule has 27 heavy (non-hydrogen) atoms. The molecular formula is C26H37N. The fourth-order valence-corrected chi connectivity index (χ4v) is 4.08. The van der Waals surface area contributed by atoms with Crippen molar-refractivity contribution in [1.29, 1.82) is 0 Å². The molecule has 0 bridgehead atoms. The Hall–Kier alpha value is -2.02. The lowest BCUT2D eigenvalue weighted by atomic mass is 10.1. The highest BCUT2D eigenvalue weighted by molar-refractivity contribution is 5.63. The van der Waals surface area contributed by atoms with Crippen molar-refractivity contribution in [2.24, 2.45) is 0 Å². The minimum absolute atomic E-state index is 0.471. The van der Waals surface area contributed by atoms with Crippen molar-refractivity contribution < 1.29 is 0 Å². The van der Waals surface area contributed by atoms with Crippen LogP contribution in [0.25, 0.3) is 18.7 Å². The Morgan fingerprint density at radius 1 is 1.07 bits per heavy atom. The monoisotopic (exact) mass is 363 g/mol. The Labute approximate surface area is 166 Å². The first-order valence-electron chi connectivity index (χ1n) is 10.5. The molecule has 1 aliphatic carbocycles. The molecule has 0 N–H and O–H groups in total. The van der Waals surface area contributed by atoms with Crippen LogP contribution in [-0.4, -0.2) is 4.57 Å². The van der Waals surface area contributed by atoms with E-state index in [1.807, 2.05) is 0 Å². The Morgan fingerprint density at radius 3 is 2.33 bits per heavy atom. The van der Waals surface area contributed by atoms with E-state index in [0.29, 0.717) is 6.04 Å². The lowest BCUT2D eigenvalue weighted by Crippen LogP contribution is -2.31. The van der Waals surface area contributed by atoms with Crippen molar-refractivity contribution in [3.63, 3.8) is 0 Å². The lowest BCUT2D eigenvalue weighted by molar-refractivity contribution is 0.489. The summed E-state index contributed by atoms with van der Waals surface area (Å²) in [5.41, 5.74) is 8.34. The number of aromatic nitrogens is 1.